The van der Waals surface area contributed by atoms with Gasteiger partial charge >= 0.3 is 0 Å². The van der Waals surface area contributed by atoms with Crippen LogP contribution < -0.4 is 0 Å². The van der Waals surface area contributed by atoms with E-state index in [2.05, 4.69) is 16.7 Å². The highest BCUT2D eigenvalue weighted by molar-refractivity contribution is 6.29. The molecule has 0 aliphatic carbocycles. The van der Waals surface area contributed by atoms with Crippen molar-refractivity contribution in [2.75, 3.05) is 0 Å². The van der Waals surface area contributed by atoms with Crippen molar-refractivity contribution in [3.8, 4) is 0 Å². The quantitative estimate of drug-likeness (QED) is 0.696. The lowest BCUT2D eigenvalue weighted by atomic mass is 10.1. The fourth-order valence-electron chi connectivity index (χ4n) is 1.20. The van der Waals surface area contributed by atoms with Gasteiger partial charge in [-0.15, -0.1) is 0 Å². The lowest BCUT2D eigenvalue weighted by molar-refractivity contribution is 0.933. The Morgan fingerprint density at radius 1 is 1.62 bits per heavy atom. The predicted octanol–water partition coefficient (Wildman–Crippen LogP) is 2.42. The summed E-state index contributed by atoms with van der Waals surface area (Å²) in [5.41, 5.74) is 2.66. The third kappa shape index (κ3) is 1.31. The molecule has 3 nitrogen and oxygen atoms in total. The minimum absolute atomic E-state index is 0.448. The van der Waals surface area contributed by atoms with Crippen LogP contribution in [0.1, 0.15) is 12.5 Å². The first-order chi connectivity index (χ1) is 6.18. The Labute approximate surface area is 80.7 Å². The topological polar surface area (TPSA) is 30.2 Å². The third-order valence-corrected chi connectivity index (χ3v) is 1.97. The van der Waals surface area contributed by atoms with E-state index in [1.165, 1.54) is 0 Å². The monoisotopic (exact) mass is 193 g/mol. The van der Waals surface area contributed by atoms with E-state index in [0.717, 1.165) is 16.8 Å². The molecule has 0 unspecified atom stereocenters. The van der Waals surface area contributed by atoms with Gasteiger partial charge in [0.05, 0.1) is 0 Å². The summed E-state index contributed by atoms with van der Waals surface area (Å²) in [6.45, 7) is 5.77. The van der Waals surface area contributed by atoms with Crippen molar-refractivity contribution in [3.05, 3.63) is 35.8 Å². The van der Waals surface area contributed by atoms with Gasteiger partial charge in [0.15, 0.2) is 10.8 Å². The van der Waals surface area contributed by atoms with Crippen LogP contribution in [0.3, 0.4) is 0 Å². The zero-order valence-corrected chi connectivity index (χ0v) is 7.91. The number of nitrogens with zero attached hydrogens (tertiary/aromatic N) is 3. The number of allylic oxidation sites excluding steroid dienone is 1. The van der Waals surface area contributed by atoms with Crippen molar-refractivity contribution in [2.24, 2.45) is 0 Å². The van der Waals surface area contributed by atoms with Gasteiger partial charge in [-0.25, -0.2) is 9.50 Å². The number of rotatable bonds is 1. The summed E-state index contributed by atoms with van der Waals surface area (Å²) in [7, 11) is 0. The number of hydrogen-bond donors (Lipinski definition) is 0. The molecule has 0 N–H and O–H groups in total. The van der Waals surface area contributed by atoms with Gasteiger partial charge in [0.2, 0.25) is 0 Å². The van der Waals surface area contributed by atoms with Crippen LogP contribution in [-0.2, 0) is 0 Å². The van der Waals surface area contributed by atoms with Crippen molar-refractivity contribution in [1.29, 1.82) is 0 Å². The van der Waals surface area contributed by atoms with Crippen LogP contribution in [0.25, 0.3) is 11.2 Å². The van der Waals surface area contributed by atoms with Crippen molar-refractivity contribution in [3.63, 3.8) is 0 Å². The van der Waals surface area contributed by atoms with E-state index >= 15 is 0 Å². The maximum atomic E-state index is 5.82. The Balaban J connectivity index is 2.84. The van der Waals surface area contributed by atoms with Crippen LogP contribution in [0.4, 0.5) is 0 Å². The van der Waals surface area contributed by atoms with Crippen LogP contribution in [0.5, 0.6) is 0 Å². The van der Waals surface area contributed by atoms with Crippen LogP contribution in [0.15, 0.2) is 25.0 Å². The second-order valence-corrected chi connectivity index (χ2v) is 3.24. The Morgan fingerprint density at radius 2 is 2.38 bits per heavy atom. The van der Waals surface area contributed by atoms with E-state index in [1.54, 1.807) is 23.0 Å². The highest BCUT2D eigenvalue weighted by atomic mass is 35.5. The first-order valence-corrected chi connectivity index (χ1v) is 4.22. The molecule has 0 amide bonds. The summed E-state index contributed by atoms with van der Waals surface area (Å²) in [4.78, 5) is 4.16. The molecular formula is C9H8ClN3. The lowest BCUT2D eigenvalue weighted by Gasteiger charge is -2.02. The average Bonchev–Trinajstić information content (AvgIpc) is 2.49. The first kappa shape index (κ1) is 8.26. The zero-order valence-electron chi connectivity index (χ0n) is 7.16. The molecule has 4 heteroatoms. The minimum atomic E-state index is 0.448. The largest absolute Gasteiger partial charge is 0.235 e. The van der Waals surface area contributed by atoms with E-state index in [4.69, 9.17) is 11.6 Å². The molecule has 0 spiro atoms. The Kier molecular flexibility index (Phi) is 1.81. The first-order valence-electron chi connectivity index (χ1n) is 3.84. The Hall–Kier alpha value is -1.35. The normalized spacial score (nSPS) is 10.6. The van der Waals surface area contributed by atoms with E-state index in [1.807, 2.05) is 6.92 Å². The van der Waals surface area contributed by atoms with Crippen molar-refractivity contribution in [2.45, 2.75) is 6.92 Å². The number of halogens is 1. The summed E-state index contributed by atoms with van der Waals surface area (Å²) >= 11 is 5.82. The predicted molar refractivity (Wildman–Crippen MR) is 52.7 cm³/mol. The van der Waals surface area contributed by atoms with Gasteiger partial charge in [0, 0.05) is 18.0 Å². The molecule has 2 rings (SSSR count). The van der Waals surface area contributed by atoms with Crippen molar-refractivity contribution in [1.82, 2.24) is 14.6 Å². The van der Waals surface area contributed by atoms with Crippen molar-refractivity contribution < 1.29 is 0 Å². The van der Waals surface area contributed by atoms with Crippen molar-refractivity contribution >= 4 is 22.8 Å². The minimum Gasteiger partial charge on any atom is -0.235 e. The molecule has 2 aromatic rings. The molecule has 0 saturated heterocycles. The molecule has 0 fully saturated rings. The Bertz CT molecular complexity index is 473. The van der Waals surface area contributed by atoms with Crippen LogP contribution in [-0.4, -0.2) is 14.6 Å². The summed E-state index contributed by atoms with van der Waals surface area (Å²) in [6.07, 6.45) is 3.44. The van der Waals surface area contributed by atoms with Gasteiger partial charge in [-0.2, -0.15) is 5.10 Å². The van der Waals surface area contributed by atoms with Gasteiger partial charge in [0.1, 0.15) is 0 Å². The lowest BCUT2D eigenvalue weighted by Crippen LogP contribution is -1.94. The Morgan fingerprint density at radius 3 is 3.08 bits per heavy atom. The SMILES string of the molecule is C=C(C)c1cc(Cl)nn2ccnc12. The van der Waals surface area contributed by atoms with Gasteiger partial charge in [-0.1, -0.05) is 18.2 Å². The maximum Gasteiger partial charge on any atom is 0.161 e. The molecule has 0 saturated carbocycles. The molecule has 2 heterocycles. The maximum absolute atomic E-state index is 5.82. The third-order valence-electron chi connectivity index (χ3n) is 1.79. The standard InChI is InChI=1S/C9H8ClN3/c1-6(2)7-5-8(10)12-13-4-3-11-9(7)13/h3-5H,1H2,2H3. The van der Waals surface area contributed by atoms with Gasteiger partial charge in [-0.05, 0) is 18.6 Å². The van der Waals surface area contributed by atoms with Gasteiger partial charge < -0.3 is 0 Å². The molecule has 2 aromatic heterocycles. The van der Waals surface area contributed by atoms with Crippen LogP contribution >= 0.6 is 11.6 Å². The fourth-order valence-corrected chi connectivity index (χ4v) is 1.39. The number of imidazole rings is 1. The fraction of sp³-hybridized carbons (Fsp3) is 0.111. The van der Waals surface area contributed by atoms with E-state index < -0.39 is 0 Å². The van der Waals surface area contributed by atoms with Crippen LogP contribution in [0.2, 0.25) is 5.15 Å². The second-order valence-electron chi connectivity index (χ2n) is 2.86. The zero-order chi connectivity index (χ0) is 9.42. The number of fused-ring (bicyclic) bond motifs is 1. The molecule has 0 aliphatic rings. The van der Waals surface area contributed by atoms with E-state index in [-0.39, 0.29) is 0 Å². The molecule has 0 aromatic carbocycles. The highest BCUT2D eigenvalue weighted by Crippen LogP contribution is 2.19. The molecular weight excluding hydrogens is 186 g/mol. The molecule has 0 atom stereocenters. The van der Waals surface area contributed by atoms with E-state index in [9.17, 15) is 0 Å². The summed E-state index contributed by atoms with van der Waals surface area (Å²) in [6, 6.07) is 1.77. The van der Waals surface area contributed by atoms with E-state index in [0.29, 0.717) is 5.15 Å². The molecule has 0 radical (unpaired) electrons. The number of hydrogen-bond acceptors (Lipinski definition) is 2. The summed E-state index contributed by atoms with van der Waals surface area (Å²) in [5.74, 6) is 0. The van der Waals surface area contributed by atoms with Gasteiger partial charge in [0.25, 0.3) is 0 Å². The van der Waals surface area contributed by atoms with Crippen LogP contribution in [0, 0.1) is 0 Å². The molecule has 0 aliphatic heterocycles. The summed E-state index contributed by atoms with van der Waals surface area (Å²) < 4.78 is 1.65. The second kappa shape index (κ2) is 2.85. The highest BCUT2D eigenvalue weighted by Gasteiger charge is 2.05. The van der Waals surface area contributed by atoms with Gasteiger partial charge in [-0.3, -0.25) is 0 Å². The molecule has 66 valence electrons. The molecule has 0 bridgehead atoms. The smallest absolute Gasteiger partial charge is 0.161 e. The summed E-state index contributed by atoms with van der Waals surface area (Å²) in [5, 5.41) is 4.50. The average molecular weight is 194 g/mol. The molecule has 13 heavy (non-hydrogen) atoms. The number of aromatic nitrogens is 3.